The number of nitrogens with one attached hydrogen (secondary N) is 2. The molecule has 0 bridgehead atoms. The number of rotatable bonds is 11. The van der Waals surface area contributed by atoms with E-state index in [0.29, 0.717) is 61.6 Å². The molecule has 0 radical (unpaired) electrons. The Bertz CT molecular complexity index is 1630. The van der Waals surface area contributed by atoms with E-state index < -0.39 is 6.10 Å². The molecule has 3 aromatic carbocycles. The maximum atomic E-state index is 13.0. The number of thiazole rings is 1. The van der Waals surface area contributed by atoms with Crippen molar-refractivity contribution in [2.45, 2.75) is 37.5 Å². The number of fused-ring (bicyclic) bond motifs is 1. The van der Waals surface area contributed by atoms with Gasteiger partial charge < -0.3 is 34.9 Å². The van der Waals surface area contributed by atoms with E-state index in [1.165, 1.54) is 6.07 Å². The third-order valence-corrected chi connectivity index (χ3v) is 9.71. The molecular formula is C34H40N4O6S. The Kier molecular flexibility index (Phi) is 9.82. The van der Waals surface area contributed by atoms with Crippen molar-refractivity contribution in [1.29, 1.82) is 0 Å². The van der Waals surface area contributed by atoms with Crippen LogP contribution < -0.4 is 14.9 Å². The van der Waals surface area contributed by atoms with E-state index >= 15 is 0 Å². The number of phenolic OH excluding ortho intramolecular Hbond substituents is 1. The molecule has 10 nitrogen and oxygen atoms in total. The molecule has 2 aliphatic heterocycles. The van der Waals surface area contributed by atoms with Crippen molar-refractivity contribution in [2.24, 2.45) is 0 Å². The SMILES string of the molecule is O=C(Cc1ccccc1)N1CCOC2(CCN(CCOc3ccc(CNC[C@H](O)c4ccc(O)c5[nH]c(=O)sc45)cc3)CC2)C1. The Hall–Kier alpha value is -3.74. The summed E-state index contributed by atoms with van der Waals surface area (Å²) in [4.78, 5) is 31.4. The number of ether oxygens (including phenoxy) is 2. The lowest BCUT2D eigenvalue weighted by atomic mass is 9.89. The number of aromatic nitrogens is 1. The first kappa shape index (κ1) is 31.3. The molecule has 2 aliphatic rings. The van der Waals surface area contributed by atoms with Crippen LogP contribution in [0.1, 0.15) is 35.6 Å². The fourth-order valence-corrected chi connectivity index (χ4v) is 7.11. The summed E-state index contributed by atoms with van der Waals surface area (Å²) in [7, 11) is 0. The average Bonchev–Trinajstić information content (AvgIpc) is 3.46. The molecule has 6 rings (SSSR count). The maximum Gasteiger partial charge on any atom is 0.305 e. The van der Waals surface area contributed by atoms with Gasteiger partial charge in [0.25, 0.3) is 0 Å². The van der Waals surface area contributed by atoms with E-state index in [1.54, 1.807) is 6.07 Å². The maximum absolute atomic E-state index is 13.0. The number of aromatic amines is 1. The summed E-state index contributed by atoms with van der Waals surface area (Å²) >= 11 is 0.980. The molecule has 45 heavy (non-hydrogen) atoms. The van der Waals surface area contributed by atoms with Crippen molar-refractivity contribution in [2.75, 3.05) is 52.5 Å². The second kappa shape index (κ2) is 14.1. The molecule has 0 unspecified atom stereocenters. The Labute approximate surface area is 266 Å². The fraction of sp³-hybridized carbons (Fsp3) is 0.412. The molecule has 1 amide bonds. The summed E-state index contributed by atoms with van der Waals surface area (Å²) in [5.41, 5.74) is 2.82. The van der Waals surface area contributed by atoms with Crippen LogP contribution in [0.4, 0.5) is 0 Å². The Morgan fingerprint density at radius 1 is 1.04 bits per heavy atom. The van der Waals surface area contributed by atoms with E-state index in [2.05, 4.69) is 15.2 Å². The van der Waals surface area contributed by atoms with Gasteiger partial charge in [0, 0.05) is 51.4 Å². The third-order valence-electron chi connectivity index (χ3n) is 8.78. The number of piperidine rings is 1. The van der Waals surface area contributed by atoms with E-state index in [1.807, 2.05) is 59.5 Å². The number of hydrogen-bond donors (Lipinski definition) is 4. The van der Waals surface area contributed by atoms with E-state index in [4.69, 9.17) is 9.47 Å². The number of aliphatic hydroxyl groups excluding tert-OH is 1. The van der Waals surface area contributed by atoms with Crippen LogP contribution >= 0.6 is 11.3 Å². The molecule has 1 aromatic heterocycles. The number of benzene rings is 3. The molecular weight excluding hydrogens is 592 g/mol. The van der Waals surface area contributed by atoms with Gasteiger partial charge in [0.05, 0.1) is 29.4 Å². The zero-order chi connectivity index (χ0) is 31.2. The number of amides is 1. The molecule has 11 heteroatoms. The van der Waals surface area contributed by atoms with Gasteiger partial charge in [-0.1, -0.05) is 59.9 Å². The lowest BCUT2D eigenvalue weighted by Crippen LogP contribution is -2.58. The first-order valence-electron chi connectivity index (χ1n) is 15.5. The zero-order valence-electron chi connectivity index (χ0n) is 25.2. The number of nitrogens with zero attached hydrogens (tertiary/aromatic N) is 2. The number of H-pyrrole nitrogens is 1. The van der Waals surface area contributed by atoms with Gasteiger partial charge in [-0.25, -0.2) is 0 Å². The van der Waals surface area contributed by atoms with Gasteiger partial charge >= 0.3 is 4.87 Å². The first-order valence-corrected chi connectivity index (χ1v) is 16.3. The number of likely N-dealkylation sites (tertiary alicyclic amines) is 1. The highest BCUT2D eigenvalue weighted by Crippen LogP contribution is 2.32. The highest BCUT2D eigenvalue weighted by molar-refractivity contribution is 7.16. The molecule has 3 heterocycles. The minimum absolute atomic E-state index is 0.00607. The number of morpholine rings is 1. The zero-order valence-corrected chi connectivity index (χ0v) is 26.1. The number of aromatic hydroxyl groups is 1. The summed E-state index contributed by atoms with van der Waals surface area (Å²) in [5.74, 6) is 0.976. The van der Waals surface area contributed by atoms with Gasteiger partial charge in [-0.15, -0.1) is 0 Å². The summed E-state index contributed by atoms with van der Waals surface area (Å²) in [6, 6.07) is 21.0. The quantitative estimate of drug-likeness (QED) is 0.198. The van der Waals surface area contributed by atoms with Crippen LogP contribution in [0.15, 0.2) is 71.5 Å². The van der Waals surface area contributed by atoms with E-state index in [0.717, 1.165) is 60.7 Å². The Morgan fingerprint density at radius 2 is 1.82 bits per heavy atom. The highest BCUT2D eigenvalue weighted by atomic mass is 32.1. The van der Waals surface area contributed by atoms with E-state index in [9.17, 15) is 19.8 Å². The second-order valence-electron chi connectivity index (χ2n) is 11.9. The lowest BCUT2D eigenvalue weighted by molar-refractivity contribution is -0.159. The summed E-state index contributed by atoms with van der Waals surface area (Å²) < 4.78 is 12.9. The molecule has 238 valence electrons. The largest absolute Gasteiger partial charge is 0.506 e. The summed E-state index contributed by atoms with van der Waals surface area (Å²) in [5, 5.41) is 23.9. The van der Waals surface area contributed by atoms with Crippen molar-refractivity contribution >= 4 is 27.5 Å². The van der Waals surface area contributed by atoms with Gasteiger partial charge in [0.2, 0.25) is 5.91 Å². The minimum atomic E-state index is -0.822. The van der Waals surface area contributed by atoms with Crippen LogP contribution in [-0.4, -0.2) is 89.0 Å². The van der Waals surface area contributed by atoms with Crippen LogP contribution in [0.25, 0.3) is 10.2 Å². The average molecular weight is 633 g/mol. The Balaban J connectivity index is 0.899. The Morgan fingerprint density at radius 3 is 2.60 bits per heavy atom. The number of carbonyl (C=O) groups is 1. The standard InChI is InChI=1S/C34H40N4O6S/c39-28-11-10-27(32-31(28)36-33(42)45-32)29(40)22-35-21-25-6-8-26(9-7-25)43-18-16-37-14-12-34(13-15-37)23-38(17-19-44-34)30(41)20-24-4-2-1-3-5-24/h1-11,29,35,39-40H,12-23H2,(H,36,42)/t29-/m0/s1. The van der Waals surface area contributed by atoms with Crippen molar-refractivity contribution in [1.82, 2.24) is 20.1 Å². The molecule has 1 atom stereocenters. The molecule has 2 saturated heterocycles. The molecule has 0 saturated carbocycles. The van der Waals surface area contributed by atoms with Crippen LogP contribution in [-0.2, 0) is 22.5 Å². The second-order valence-corrected chi connectivity index (χ2v) is 12.9. The van der Waals surface area contributed by atoms with E-state index in [-0.39, 0.29) is 22.1 Å². The number of hydrogen-bond acceptors (Lipinski definition) is 9. The molecule has 2 fully saturated rings. The van der Waals surface area contributed by atoms with Crippen molar-refractivity contribution in [3.63, 3.8) is 0 Å². The van der Waals surface area contributed by atoms with Gasteiger partial charge in [0.15, 0.2) is 0 Å². The minimum Gasteiger partial charge on any atom is -0.506 e. The first-order chi connectivity index (χ1) is 21.9. The van der Waals surface area contributed by atoms with Crippen LogP contribution in [0.3, 0.4) is 0 Å². The van der Waals surface area contributed by atoms with Crippen molar-refractivity contribution in [3.05, 3.63) is 93.1 Å². The predicted molar refractivity (Wildman–Crippen MR) is 174 cm³/mol. The van der Waals surface area contributed by atoms with Crippen LogP contribution in [0.2, 0.25) is 0 Å². The van der Waals surface area contributed by atoms with Gasteiger partial charge in [-0.3, -0.25) is 14.5 Å². The predicted octanol–water partition coefficient (Wildman–Crippen LogP) is 3.43. The normalized spacial score (nSPS) is 17.5. The molecule has 4 aromatic rings. The summed E-state index contributed by atoms with van der Waals surface area (Å²) in [6.07, 6.45) is 1.42. The van der Waals surface area contributed by atoms with Gasteiger partial charge in [-0.05, 0) is 42.2 Å². The molecule has 1 spiro atoms. The molecule has 0 aliphatic carbocycles. The summed E-state index contributed by atoms with van der Waals surface area (Å²) in [6.45, 7) is 6.03. The lowest BCUT2D eigenvalue weighted by Gasteiger charge is -2.47. The smallest absolute Gasteiger partial charge is 0.305 e. The van der Waals surface area contributed by atoms with Gasteiger partial charge in [0.1, 0.15) is 23.6 Å². The monoisotopic (exact) mass is 632 g/mol. The van der Waals surface area contributed by atoms with Crippen molar-refractivity contribution in [3.8, 4) is 11.5 Å². The van der Waals surface area contributed by atoms with Crippen LogP contribution in [0, 0.1) is 0 Å². The third kappa shape index (κ3) is 7.74. The topological polar surface area (TPSA) is 127 Å². The number of phenols is 1. The highest BCUT2D eigenvalue weighted by Gasteiger charge is 2.40. The van der Waals surface area contributed by atoms with Crippen molar-refractivity contribution < 1.29 is 24.5 Å². The van der Waals surface area contributed by atoms with Crippen LogP contribution in [0.5, 0.6) is 11.5 Å². The fourth-order valence-electron chi connectivity index (χ4n) is 6.19. The molecule has 4 N–H and O–H groups in total. The van der Waals surface area contributed by atoms with Gasteiger partial charge in [-0.2, -0.15) is 0 Å². The number of carbonyl (C=O) groups excluding carboxylic acids is 1. The number of aliphatic hydroxyl groups is 1.